The van der Waals surface area contributed by atoms with Crippen molar-refractivity contribution in [2.75, 3.05) is 26.3 Å². The van der Waals surface area contributed by atoms with Crippen molar-refractivity contribution in [1.82, 2.24) is 0 Å². The van der Waals surface area contributed by atoms with Crippen LogP contribution in [0.3, 0.4) is 0 Å². The van der Waals surface area contributed by atoms with Crippen LogP contribution >= 0.6 is 0 Å². The highest BCUT2D eigenvalue weighted by atomic mass is 16.8. The number of ether oxygens (including phenoxy) is 8. The molecule has 0 bridgehead atoms. The van der Waals surface area contributed by atoms with E-state index < -0.39 is 184 Å². The van der Waals surface area contributed by atoms with E-state index in [1.54, 1.807) is 0 Å². The molecule has 0 aromatic heterocycles. The van der Waals surface area contributed by atoms with E-state index in [2.05, 4.69) is 0 Å². The highest BCUT2D eigenvalue weighted by Gasteiger charge is 2.54. The third kappa shape index (κ3) is 10.8. The third-order valence-corrected chi connectivity index (χ3v) is 12.3. The Balaban J connectivity index is 0.000000234. The maximum absolute atomic E-state index is 10.6. The van der Waals surface area contributed by atoms with Gasteiger partial charge in [-0.2, -0.15) is 0 Å². The van der Waals surface area contributed by atoms with Crippen molar-refractivity contribution in [3.05, 3.63) is 0 Å². The van der Waals surface area contributed by atoms with Crippen LogP contribution in [0.2, 0.25) is 0 Å². The maximum Gasteiger partial charge on any atom is 0.187 e. The van der Waals surface area contributed by atoms with Crippen molar-refractivity contribution in [1.29, 1.82) is 0 Å². The average molecular weight is 909 g/mol. The Morgan fingerprint density at radius 2 is 0.645 bits per heavy atom. The minimum Gasteiger partial charge on any atom is -0.394 e. The zero-order valence-electron chi connectivity index (χ0n) is 33.7. The van der Waals surface area contributed by atoms with Crippen molar-refractivity contribution in [2.24, 2.45) is 45.9 Å². The molecule has 28 nitrogen and oxygen atoms in total. The van der Waals surface area contributed by atoms with Gasteiger partial charge in [0.25, 0.3) is 0 Å². The van der Waals surface area contributed by atoms with Gasteiger partial charge >= 0.3 is 0 Å². The minimum absolute atomic E-state index is 0.114. The smallest absolute Gasteiger partial charge is 0.187 e. The lowest BCUT2D eigenvalue weighted by molar-refractivity contribution is -0.306. The fraction of sp³-hybridized carbons (Fsp3) is 1.00. The summed E-state index contributed by atoms with van der Waals surface area (Å²) >= 11 is 0. The fourth-order valence-corrected chi connectivity index (χ4v) is 8.33. The minimum atomic E-state index is -1.51. The first kappa shape index (κ1) is 51.9. The first-order valence-corrected chi connectivity index (χ1v) is 20.4. The van der Waals surface area contributed by atoms with Gasteiger partial charge in [0.1, 0.15) is 97.7 Å². The number of hydrogen-bond donors (Lipinski definition) is 20. The van der Waals surface area contributed by atoms with Crippen LogP contribution in [-0.4, -0.2) is 259 Å². The largest absolute Gasteiger partial charge is 0.394 e. The van der Waals surface area contributed by atoms with E-state index in [-0.39, 0.29) is 25.9 Å². The Bertz CT molecular complexity index is 1280. The highest BCUT2D eigenvalue weighted by Crippen LogP contribution is 2.34. The standard InChI is InChI=1S/2C17H34N4O10/c2*18-2-6-10(24)12(26)8(21)16(28-6)30-14-5(20)1-4(19)9(23)15(14)31-17-13(27)11(25)7(3-22)29-17/h2*4-17,22-27H,1-3,18-21H2/t2*4-,5+,6-,7-,8-,9+,10-,11-,12-,13-,14-,15-,16-,17+/m11/s1. The zero-order chi connectivity index (χ0) is 46.1. The lowest BCUT2D eigenvalue weighted by atomic mass is 9.84. The number of aliphatic hydroxyl groups excluding tert-OH is 12. The molecule has 6 aliphatic rings. The molecule has 28 N–H and O–H groups in total. The molecule has 62 heavy (non-hydrogen) atoms. The Kier molecular flexibility index (Phi) is 18.5. The molecule has 0 amide bonds. The van der Waals surface area contributed by atoms with Gasteiger partial charge in [-0.3, -0.25) is 0 Å². The highest BCUT2D eigenvalue weighted by molar-refractivity contribution is 5.03. The number of rotatable bonds is 12. The molecule has 364 valence electrons. The van der Waals surface area contributed by atoms with Gasteiger partial charge in [-0.15, -0.1) is 0 Å². The first-order chi connectivity index (χ1) is 29.2. The van der Waals surface area contributed by atoms with Crippen LogP contribution in [0.5, 0.6) is 0 Å². The molecule has 2 saturated carbocycles. The summed E-state index contributed by atoms with van der Waals surface area (Å²) < 4.78 is 44.9. The Labute approximate surface area is 355 Å². The molecule has 0 aromatic carbocycles. The van der Waals surface area contributed by atoms with Crippen LogP contribution in [0.4, 0.5) is 0 Å². The normalized spacial score (nSPS) is 53.6. The maximum atomic E-state index is 10.6. The van der Waals surface area contributed by atoms with E-state index in [1.807, 2.05) is 0 Å². The lowest BCUT2D eigenvalue weighted by Crippen LogP contribution is -2.68. The molecule has 6 rings (SSSR count). The molecule has 0 spiro atoms. The summed E-state index contributed by atoms with van der Waals surface area (Å²) in [6.45, 7) is -1.35. The number of hydrogen-bond acceptors (Lipinski definition) is 28. The molecule has 4 aliphatic heterocycles. The summed E-state index contributed by atoms with van der Waals surface area (Å²) in [6, 6.07) is -5.43. The van der Waals surface area contributed by atoms with Gasteiger partial charge < -0.3 is 145 Å². The number of nitrogens with two attached hydrogens (primary N) is 8. The second-order valence-corrected chi connectivity index (χ2v) is 16.6. The van der Waals surface area contributed by atoms with Crippen LogP contribution in [0.15, 0.2) is 0 Å². The topological polar surface area (TPSA) is 525 Å². The van der Waals surface area contributed by atoms with Crippen molar-refractivity contribution in [3.8, 4) is 0 Å². The van der Waals surface area contributed by atoms with E-state index in [9.17, 15) is 61.3 Å². The van der Waals surface area contributed by atoms with Crippen LogP contribution in [0, 0.1) is 0 Å². The van der Waals surface area contributed by atoms with Crippen LogP contribution in [0.25, 0.3) is 0 Å². The van der Waals surface area contributed by atoms with Crippen molar-refractivity contribution < 1.29 is 99.2 Å². The van der Waals surface area contributed by atoms with Gasteiger partial charge in [0.15, 0.2) is 25.2 Å². The predicted octanol–water partition coefficient (Wildman–Crippen LogP) is -13.3. The Hall–Kier alpha value is -1.12. The van der Waals surface area contributed by atoms with E-state index in [1.165, 1.54) is 0 Å². The van der Waals surface area contributed by atoms with Crippen LogP contribution in [-0.2, 0) is 37.9 Å². The molecule has 28 heteroatoms. The Morgan fingerprint density at radius 3 is 0.935 bits per heavy atom. The van der Waals surface area contributed by atoms with Crippen LogP contribution in [0.1, 0.15) is 12.8 Å². The van der Waals surface area contributed by atoms with Crippen molar-refractivity contribution in [2.45, 2.75) is 184 Å². The summed E-state index contributed by atoms with van der Waals surface area (Å²) in [6.07, 6.45) is -27.5. The molecule has 4 saturated heterocycles. The average Bonchev–Trinajstić information content (AvgIpc) is 3.68. The molecule has 6 fully saturated rings. The lowest BCUT2D eigenvalue weighted by Gasteiger charge is -2.47. The third-order valence-electron chi connectivity index (χ3n) is 12.3. The van der Waals surface area contributed by atoms with Crippen molar-refractivity contribution >= 4 is 0 Å². The predicted molar refractivity (Wildman–Crippen MR) is 204 cm³/mol. The fourth-order valence-electron chi connectivity index (χ4n) is 8.33. The summed E-state index contributed by atoms with van der Waals surface area (Å²) in [4.78, 5) is 0. The van der Waals surface area contributed by atoms with Crippen molar-refractivity contribution in [3.63, 3.8) is 0 Å². The summed E-state index contributed by atoms with van der Waals surface area (Å²) in [5.41, 5.74) is 47.3. The van der Waals surface area contributed by atoms with E-state index in [0.29, 0.717) is 0 Å². The molecule has 4 heterocycles. The molecular weight excluding hydrogens is 840 g/mol. The summed E-state index contributed by atoms with van der Waals surface area (Å²) in [5, 5.41) is 120. The van der Waals surface area contributed by atoms with Gasteiger partial charge in [-0.1, -0.05) is 0 Å². The van der Waals surface area contributed by atoms with Crippen LogP contribution < -0.4 is 45.9 Å². The molecule has 0 unspecified atom stereocenters. The van der Waals surface area contributed by atoms with E-state index in [0.717, 1.165) is 0 Å². The van der Waals surface area contributed by atoms with Gasteiger partial charge in [0.2, 0.25) is 0 Å². The molecule has 0 radical (unpaired) electrons. The second-order valence-electron chi connectivity index (χ2n) is 16.6. The molecule has 28 atom stereocenters. The second kappa shape index (κ2) is 22.1. The molecule has 2 aliphatic carbocycles. The van der Waals surface area contributed by atoms with Gasteiger partial charge in [0.05, 0.1) is 37.5 Å². The van der Waals surface area contributed by atoms with E-state index >= 15 is 0 Å². The summed E-state index contributed by atoms with van der Waals surface area (Å²) in [7, 11) is 0. The van der Waals surface area contributed by atoms with Gasteiger partial charge in [-0.05, 0) is 12.8 Å². The summed E-state index contributed by atoms with van der Waals surface area (Å²) in [5.74, 6) is 0. The first-order valence-electron chi connectivity index (χ1n) is 20.4. The molecule has 0 aromatic rings. The molecular formula is C34H68N8O20. The Morgan fingerprint density at radius 1 is 0.355 bits per heavy atom. The zero-order valence-corrected chi connectivity index (χ0v) is 33.7. The quantitative estimate of drug-likeness (QED) is 0.0864. The number of aliphatic hydroxyl groups is 12. The van der Waals surface area contributed by atoms with Gasteiger partial charge in [-0.25, -0.2) is 0 Å². The monoisotopic (exact) mass is 908 g/mol. The van der Waals surface area contributed by atoms with E-state index in [4.69, 9.17) is 83.8 Å². The van der Waals surface area contributed by atoms with Gasteiger partial charge in [0, 0.05) is 37.3 Å². The SMILES string of the molecule is NC[C@H]1O[C@H](O[C@H]2[C@H](O[C@@H]3O[C@H](CO)[C@@H](O)[C@H]3O)[C@@H](O)[C@H](N)C[C@@H]2N)[C@H](N)[C@@H](O)[C@@H]1O.NC[C@H]1O[C@H](O[C@H]2[C@H](O[C@@H]3O[C@H](CO)[C@@H](O)[C@H]3O)[C@@H](O)[C@H](N)C[C@@H]2N)[C@H](N)[C@@H](O)[C@@H]1O.